The van der Waals surface area contributed by atoms with E-state index in [-0.39, 0.29) is 0 Å². The van der Waals surface area contributed by atoms with Gasteiger partial charge in [0.25, 0.3) is 0 Å². The molecule has 5 nitrogen and oxygen atoms in total. The van der Waals surface area contributed by atoms with Gasteiger partial charge in [0.2, 0.25) is 0 Å². The molecule has 0 aliphatic carbocycles. The molecule has 0 heterocycles. The van der Waals surface area contributed by atoms with Gasteiger partial charge in [-0.15, -0.1) is 0 Å². The van der Waals surface area contributed by atoms with Gasteiger partial charge in [-0.3, -0.25) is 0 Å². The smallest absolute Gasteiger partial charge is 0.0313 e. The Hall–Kier alpha value is -0.870. The number of anilines is 1. The summed E-state index contributed by atoms with van der Waals surface area (Å²) < 4.78 is 8.55. The Morgan fingerprint density at radius 1 is 1.08 bits per heavy atom. The van der Waals surface area contributed by atoms with Crippen molar-refractivity contribution in [2.75, 3.05) is 5.73 Å². The molecule has 2 N–H and O–H groups in total. The summed E-state index contributed by atoms with van der Waals surface area (Å²) in [5, 5.41) is 0. The average Bonchev–Trinajstić information content (AvgIpc) is 1.85. The molecule has 0 aromatic heterocycles. The number of nitrogen functional groups attached to an aromatic ring is 1. The van der Waals surface area contributed by atoms with E-state index < -0.39 is 7.82 Å². The Kier molecular flexibility index (Phi) is 4.54. The van der Waals surface area contributed by atoms with Crippen LogP contribution in [0.2, 0.25) is 0 Å². The predicted molar refractivity (Wildman–Crippen MR) is 38.5 cm³/mol. The van der Waals surface area contributed by atoms with Crippen LogP contribution in [0.15, 0.2) is 30.3 Å². The second-order valence-corrected chi connectivity index (χ2v) is 2.75. The molecule has 0 aliphatic heterocycles. The number of nitrogens with two attached hydrogens (primary N) is 1. The highest BCUT2D eigenvalue weighted by Gasteiger charge is 1.72. The highest BCUT2D eigenvalue weighted by atomic mass is 31.2. The molecule has 0 radical (unpaired) electrons. The molecule has 0 spiro atoms. The summed E-state index contributed by atoms with van der Waals surface area (Å²) in [5.74, 6) is 0. The Morgan fingerprint density at radius 2 is 1.42 bits per heavy atom. The molecule has 0 amide bonds. The van der Waals surface area contributed by atoms with E-state index in [0.717, 1.165) is 5.69 Å². The summed E-state index contributed by atoms with van der Waals surface area (Å²) in [5.41, 5.74) is 6.18. The zero-order valence-corrected chi connectivity index (χ0v) is 6.94. The van der Waals surface area contributed by atoms with Gasteiger partial charge in [0.15, 0.2) is 0 Å². The first-order chi connectivity index (χ1) is 5.39. The van der Waals surface area contributed by atoms with Gasteiger partial charge in [0.05, 0.1) is 0 Å². The topological polar surface area (TPSA) is 112 Å². The molecule has 1 aromatic rings. The number of para-hydroxylation sites is 1. The van der Waals surface area contributed by atoms with Gasteiger partial charge < -0.3 is 25.0 Å². The van der Waals surface area contributed by atoms with Crippen LogP contribution in [0.3, 0.4) is 0 Å². The molecular formula is C6H7NO4P-3. The molecular weight excluding hydrogens is 181 g/mol. The molecule has 0 aliphatic rings. The second-order valence-electron chi connectivity index (χ2n) is 1.86. The lowest BCUT2D eigenvalue weighted by molar-refractivity contribution is -0.432. The third-order valence-corrected chi connectivity index (χ3v) is 0.800. The third kappa shape index (κ3) is 11.9. The zero-order valence-electron chi connectivity index (χ0n) is 6.04. The molecule has 0 fully saturated rings. The molecule has 1 rings (SSSR count). The van der Waals surface area contributed by atoms with Crippen molar-refractivity contribution in [1.82, 2.24) is 0 Å². The molecule has 6 heteroatoms. The molecule has 0 unspecified atom stereocenters. The lowest BCUT2D eigenvalue weighted by atomic mass is 10.3. The molecule has 0 bridgehead atoms. The van der Waals surface area contributed by atoms with E-state index in [1.165, 1.54) is 0 Å². The fourth-order valence-electron chi connectivity index (χ4n) is 0.453. The van der Waals surface area contributed by atoms with Gasteiger partial charge in [-0.1, -0.05) is 18.2 Å². The number of rotatable bonds is 0. The van der Waals surface area contributed by atoms with Crippen LogP contribution in [-0.4, -0.2) is 0 Å². The first-order valence-electron chi connectivity index (χ1n) is 2.93. The summed E-state index contributed by atoms with van der Waals surface area (Å²) >= 11 is 0. The quantitative estimate of drug-likeness (QED) is 0.391. The summed E-state index contributed by atoms with van der Waals surface area (Å²) in [4.78, 5) is 25.6. The van der Waals surface area contributed by atoms with Crippen LogP contribution in [0.25, 0.3) is 0 Å². The second kappa shape index (κ2) is 4.90. The number of phosphoric acid groups is 1. The highest BCUT2D eigenvalue weighted by molar-refractivity contribution is 7.40. The van der Waals surface area contributed by atoms with Crippen molar-refractivity contribution in [3.05, 3.63) is 30.3 Å². The van der Waals surface area contributed by atoms with E-state index >= 15 is 0 Å². The van der Waals surface area contributed by atoms with Crippen molar-refractivity contribution >= 4 is 13.5 Å². The van der Waals surface area contributed by atoms with Gasteiger partial charge in [-0.25, -0.2) is 0 Å². The summed E-state index contributed by atoms with van der Waals surface area (Å²) in [6.07, 6.45) is 0. The Morgan fingerprint density at radius 3 is 1.58 bits per heavy atom. The summed E-state index contributed by atoms with van der Waals surface area (Å²) in [6.45, 7) is 0. The molecule has 0 saturated carbocycles. The van der Waals surface area contributed by atoms with Crippen molar-refractivity contribution < 1.29 is 19.2 Å². The average molecular weight is 188 g/mol. The van der Waals surface area contributed by atoms with Crippen LogP contribution in [0.1, 0.15) is 0 Å². The molecule has 0 saturated heterocycles. The third-order valence-electron chi connectivity index (χ3n) is 0.800. The minimum absolute atomic E-state index is 0.822. The van der Waals surface area contributed by atoms with Gasteiger partial charge in [0.1, 0.15) is 0 Å². The maximum Gasteiger partial charge on any atom is 0.0313 e. The van der Waals surface area contributed by atoms with Crippen LogP contribution < -0.4 is 20.4 Å². The standard InChI is InChI=1S/C6H7N.H3O4P/c7-6-4-2-1-3-5-6;1-5(2,3)4/h1-5H,7H2;(H3,1,2,3,4)/p-3. The monoisotopic (exact) mass is 188 g/mol. The van der Waals surface area contributed by atoms with Gasteiger partial charge in [-0.2, -0.15) is 7.82 Å². The summed E-state index contributed by atoms with van der Waals surface area (Å²) in [6, 6.07) is 9.49. The Balaban J connectivity index is 0.000000217. The molecule has 0 atom stereocenters. The molecule has 1 aromatic carbocycles. The maximum absolute atomic E-state index is 8.55. The van der Waals surface area contributed by atoms with Crippen molar-refractivity contribution in [3.63, 3.8) is 0 Å². The number of hydrogen-bond acceptors (Lipinski definition) is 5. The maximum atomic E-state index is 8.55. The highest BCUT2D eigenvalue weighted by Crippen LogP contribution is 2.03. The predicted octanol–water partition coefficient (Wildman–Crippen LogP) is -1.56. The number of hydrogen-bond donors (Lipinski definition) is 1. The largest absolute Gasteiger partial charge is 0.822 e. The van der Waals surface area contributed by atoms with Crippen LogP contribution in [-0.2, 0) is 4.57 Å². The SMILES string of the molecule is Nc1ccccc1.O=P([O-])([O-])[O-]. The normalized spacial score (nSPS) is 9.92. The van der Waals surface area contributed by atoms with Crippen molar-refractivity contribution in [1.29, 1.82) is 0 Å². The van der Waals surface area contributed by atoms with Crippen molar-refractivity contribution in [3.8, 4) is 0 Å². The van der Waals surface area contributed by atoms with Gasteiger partial charge in [-0.05, 0) is 12.1 Å². The first kappa shape index (κ1) is 11.1. The number of benzene rings is 1. The lowest BCUT2D eigenvalue weighted by Gasteiger charge is -2.36. The fraction of sp³-hybridized carbons (Fsp3) is 0. The summed E-state index contributed by atoms with van der Waals surface area (Å²) in [7, 11) is -5.39. The van der Waals surface area contributed by atoms with Crippen molar-refractivity contribution in [2.45, 2.75) is 0 Å². The van der Waals surface area contributed by atoms with Crippen molar-refractivity contribution in [2.24, 2.45) is 0 Å². The van der Waals surface area contributed by atoms with Crippen LogP contribution >= 0.6 is 7.82 Å². The van der Waals surface area contributed by atoms with Crippen LogP contribution in [0.5, 0.6) is 0 Å². The zero-order chi connectivity index (χ0) is 9.61. The van der Waals surface area contributed by atoms with E-state index in [9.17, 15) is 0 Å². The van der Waals surface area contributed by atoms with Crippen LogP contribution in [0.4, 0.5) is 5.69 Å². The minimum Gasteiger partial charge on any atom is -0.822 e. The van der Waals surface area contributed by atoms with E-state index in [4.69, 9.17) is 25.0 Å². The van der Waals surface area contributed by atoms with Gasteiger partial charge >= 0.3 is 0 Å². The van der Waals surface area contributed by atoms with E-state index in [1.807, 2.05) is 30.3 Å². The molecule has 12 heavy (non-hydrogen) atoms. The Labute approximate surface area is 69.7 Å². The van der Waals surface area contributed by atoms with Gasteiger partial charge in [0, 0.05) is 5.69 Å². The molecule has 68 valence electrons. The van der Waals surface area contributed by atoms with Crippen LogP contribution in [0, 0.1) is 0 Å². The lowest BCUT2D eigenvalue weighted by Crippen LogP contribution is -2.24. The first-order valence-corrected chi connectivity index (χ1v) is 4.39. The van der Waals surface area contributed by atoms with E-state index in [2.05, 4.69) is 0 Å². The van der Waals surface area contributed by atoms with E-state index in [1.54, 1.807) is 0 Å². The minimum atomic E-state index is -5.39. The Bertz CT molecular complexity index is 249. The van der Waals surface area contributed by atoms with E-state index in [0.29, 0.717) is 0 Å². The fourth-order valence-corrected chi connectivity index (χ4v) is 0.453.